The number of carbonyl (C=O) groups excluding carboxylic acids is 1. The number of anilines is 3. The van der Waals surface area contributed by atoms with Crippen molar-refractivity contribution >= 4 is 23.2 Å². The highest BCUT2D eigenvalue weighted by Gasteiger charge is 2.12. The molecule has 0 saturated heterocycles. The van der Waals surface area contributed by atoms with Gasteiger partial charge in [0.2, 0.25) is 5.95 Å². The van der Waals surface area contributed by atoms with E-state index in [1.54, 1.807) is 19.2 Å². The van der Waals surface area contributed by atoms with Crippen molar-refractivity contribution in [3.8, 4) is 5.75 Å². The van der Waals surface area contributed by atoms with Crippen molar-refractivity contribution in [3.63, 3.8) is 0 Å². The Morgan fingerprint density at radius 2 is 1.77 bits per heavy atom. The van der Waals surface area contributed by atoms with E-state index in [1.165, 1.54) is 12.4 Å². The van der Waals surface area contributed by atoms with Crippen LogP contribution in [0.4, 0.5) is 26.1 Å². The summed E-state index contributed by atoms with van der Waals surface area (Å²) in [6, 6.07) is 10.1. The monoisotopic (exact) mass is 356 g/mol. The molecule has 3 aromatic rings. The minimum atomic E-state index is -0.867. The van der Waals surface area contributed by atoms with Gasteiger partial charge in [0.25, 0.3) is 5.91 Å². The smallest absolute Gasteiger partial charge is 0.258 e. The van der Waals surface area contributed by atoms with E-state index >= 15 is 0 Å². The van der Waals surface area contributed by atoms with Gasteiger partial charge in [-0.25, -0.2) is 18.7 Å². The molecule has 2 N–H and O–H groups in total. The molecule has 8 heteroatoms. The number of nitrogens with zero attached hydrogens (tertiary/aromatic N) is 2. The van der Waals surface area contributed by atoms with E-state index in [0.717, 1.165) is 12.1 Å². The van der Waals surface area contributed by atoms with Crippen LogP contribution in [0, 0.1) is 11.6 Å². The first-order valence-electron chi connectivity index (χ1n) is 7.55. The molecule has 0 radical (unpaired) electrons. The van der Waals surface area contributed by atoms with E-state index in [9.17, 15) is 13.6 Å². The summed E-state index contributed by atoms with van der Waals surface area (Å²) >= 11 is 0. The Bertz CT molecular complexity index is 933. The molecule has 132 valence electrons. The normalized spacial score (nSPS) is 10.3. The minimum Gasteiger partial charge on any atom is -0.495 e. The van der Waals surface area contributed by atoms with Crippen LogP contribution in [0.25, 0.3) is 0 Å². The van der Waals surface area contributed by atoms with Crippen molar-refractivity contribution in [2.75, 3.05) is 17.7 Å². The summed E-state index contributed by atoms with van der Waals surface area (Å²) in [5.74, 6) is -1.33. The van der Waals surface area contributed by atoms with Crippen LogP contribution >= 0.6 is 0 Å². The number of carbonyl (C=O) groups is 1. The van der Waals surface area contributed by atoms with Crippen LogP contribution in [-0.4, -0.2) is 23.0 Å². The zero-order valence-electron chi connectivity index (χ0n) is 13.7. The highest BCUT2D eigenvalue weighted by Crippen LogP contribution is 2.25. The fourth-order valence-electron chi connectivity index (χ4n) is 2.16. The second-order valence-corrected chi connectivity index (χ2v) is 5.20. The number of ether oxygens (including phenoxy) is 1. The average molecular weight is 356 g/mol. The van der Waals surface area contributed by atoms with Gasteiger partial charge in [-0.3, -0.25) is 4.79 Å². The van der Waals surface area contributed by atoms with Crippen molar-refractivity contribution in [2.45, 2.75) is 0 Å². The molecule has 0 aliphatic heterocycles. The number of amides is 1. The lowest BCUT2D eigenvalue weighted by atomic mass is 10.2. The molecule has 0 unspecified atom stereocenters. The molecule has 26 heavy (non-hydrogen) atoms. The van der Waals surface area contributed by atoms with Crippen LogP contribution < -0.4 is 15.4 Å². The van der Waals surface area contributed by atoms with Gasteiger partial charge in [-0.05, 0) is 24.3 Å². The van der Waals surface area contributed by atoms with Crippen molar-refractivity contribution in [2.24, 2.45) is 0 Å². The Hall–Kier alpha value is -3.55. The third-order valence-electron chi connectivity index (χ3n) is 3.45. The van der Waals surface area contributed by atoms with Crippen molar-refractivity contribution < 1.29 is 18.3 Å². The highest BCUT2D eigenvalue weighted by atomic mass is 19.1. The maximum atomic E-state index is 13.6. The number of methoxy groups -OCH3 is 1. The number of nitrogens with one attached hydrogen (secondary N) is 2. The van der Waals surface area contributed by atoms with Gasteiger partial charge in [-0.2, -0.15) is 0 Å². The summed E-state index contributed by atoms with van der Waals surface area (Å²) < 4.78 is 31.7. The van der Waals surface area contributed by atoms with Crippen LogP contribution in [0.3, 0.4) is 0 Å². The second-order valence-electron chi connectivity index (χ2n) is 5.20. The van der Waals surface area contributed by atoms with Gasteiger partial charge in [-0.1, -0.05) is 12.1 Å². The van der Waals surface area contributed by atoms with Gasteiger partial charge in [0.15, 0.2) is 0 Å². The quantitative estimate of drug-likeness (QED) is 0.728. The van der Waals surface area contributed by atoms with Gasteiger partial charge >= 0.3 is 0 Å². The number of aromatic nitrogens is 2. The SMILES string of the molecule is COc1ccccc1Nc1ncc(C(=O)Nc2ccc(F)cc2F)cn1. The zero-order chi connectivity index (χ0) is 18.5. The summed E-state index contributed by atoms with van der Waals surface area (Å²) in [6.07, 6.45) is 2.59. The summed E-state index contributed by atoms with van der Waals surface area (Å²) in [6.45, 7) is 0. The largest absolute Gasteiger partial charge is 0.495 e. The fourth-order valence-corrected chi connectivity index (χ4v) is 2.16. The molecule has 0 aliphatic rings. The first-order chi connectivity index (χ1) is 12.6. The molecule has 1 heterocycles. The molecule has 6 nitrogen and oxygen atoms in total. The molecule has 0 saturated carbocycles. The summed E-state index contributed by atoms with van der Waals surface area (Å²) in [7, 11) is 1.55. The first kappa shape index (κ1) is 17.3. The van der Waals surface area contributed by atoms with Gasteiger partial charge in [0.1, 0.15) is 17.4 Å². The van der Waals surface area contributed by atoms with Crippen LogP contribution in [0.15, 0.2) is 54.9 Å². The topological polar surface area (TPSA) is 76.1 Å². The number of hydrogen-bond donors (Lipinski definition) is 2. The van der Waals surface area contributed by atoms with Crippen LogP contribution in [0.5, 0.6) is 5.75 Å². The Morgan fingerprint density at radius 3 is 2.46 bits per heavy atom. The first-order valence-corrected chi connectivity index (χ1v) is 7.55. The fraction of sp³-hybridized carbons (Fsp3) is 0.0556. The molecule has 1 amide bonds. The van der Waals surface area contributed by atoms with E-state index in [-0.39, 0.29) is 17.2 Å². The Morgan fingerprint density at radius 1 is 1.04 bits per heavy atom. The van der Waals surface area contributed by atoms with Crippen LogP contribution in [-0.2, 0) is 0 Å². The van der Waals surface area contributed by atoms with Gasteiger partial charge < -0.3 is 15.4 Å². The van der Waals surface area contributed by atoms with E-state index < -0.39 is 17.5 Å². The molecule has 0 bridgehead atoms. The van der Waals surface area contributed by atoms with Gasteiger partial charge in [0.05, 0.1) is 24.0 Å². The van der Waals surface area contributed by atoms with E-state index in [1.807, 2.05) is 12.1 Å². The maximum Gasteiger partial charge on any atom is 0.258 e. The maximum absolute atomic E-state index is 13.6. The third-order valence-corrected chi connectivity index (χ3v) is 3.45. The van der Waals surface area contributed by atoms with Gasteiger partial charge in [-0.15, -0.1) is 0 Å². The molecule has 0 aliphatic carbocycles. The van der Waals surface area contributed by atoms with E-state index in [4.69, 9.17) is 4.74 Å². The van der Waals surface area contributed by atoms with E-state index in [2.05, 4.69) is 20.6 Å². The standard InChI is InChI=1S/C18H14F2N4O2/c1-26-16-5-3-2-4-15(16)24-18-21-9-11(10-22-18)17(25)23-14-7-6-12(19)8-13(14)20/h2-10H,1H3,(H,23,25)(H,21,22,24). The number of para-hydroxylation sites is 2. The molecule has 1 aromatic heterocycles. The molecule has 0 fully saturated rings. The minimum absolute atomic E-state index is 0.124. The zero-order valence-corrected chi connectivity index (χ0v) is 13.7. The number of benzene rings is 2. The molecule has 0 spiro atoms. The molecule has 2 aromatic carbocycles. The second kappa shape index (κ2) is 7.56. The highest BCUT2D eigenvalue weighted by molar-refractivity contribution is 6.03. The van der Waals surface area contributed by atoms with Crippen LogP contribution in [0.2, 0.25) is 0 Å². The number of hydrogen-bond acceptors (Lipinski definition) is 5. The van der Waals surface area contributed by atoms with Crippen molar-refractivity contribution in [1.29, 1.82) is 0 Å². The van der Waals surface area contributed by atoms with Crippen molar-refractivity contribution in [1.82, 2.24) is 9.97 Å². The lowest BCUT2D eigenvalue weighted by molar-refractivity contribution is 0.102. The molecular formula is C18H14F2N4O2. The van der Waals surface area contributed by atoms with Crippen molar-refractivity contribution in [3.05, 3.63) is 72.1 Å². The lowest BCUT2D eigenvalue weighted by Crippen LogP contribution is -2.14. The van der Waals surface area contributed by atoms with Crippen LogP contribution in [0.1, 0.15) is 10.4 Å². The summed E-state index contributed by atoms with van der Waals surface area (Å²) in [5.41, 5.74) is 0.660. The predicted octanol–water partition coefficient (Wildman–Crippen LogP) is 3.76. The number of halogens is 2. The average Bonchev–Trinajstić information content (AvgIpc) is 2.65. The number of rotatable bonds is 5. The summed E-state index contributed by atoms with van der Waals surface area (Å²) in [4.78, 5) is 20.2. The Balaban J connectivity index is 1.71. The summed E-state index contributed by atoms with van der Waals surface area (Å²) in [5, 5.41) is 5.31. The Labute approximate surface area is 147 Å². The predicted molar refractivity (Wildman–Crippen MR) is 92.6 cm³/mol. The lowest BCUT2D eigenvalue weighted by Gasteiger charge is -2.10. The Kier molecular flexibility index (Phi) is 5.02. The molecule has 3 rings (SSSR count). The molecule has 0 atom stereocenters. The van der Waals surface area contributed by atoms with E-state index in [0.29, 0.717) is 17.5 Å². The molecular weight excluding hydrogens is 342 g/mol. The van der Waals surface area contributed by atoms with Gasteiger partial charge in [0, 0.05) is 18.5 Å². The third kappa shape index (κ3) is 3.92.